The lowest BCUT2D eigenvalue weighted by molar-refractivity contribution is -0.128. The summed E-state index contributed by atoms with van der Waals surface area (Å²) in [5.74, 6) is -0.818. The second-order valence-electron chi connectivity index (χ2n) is 4.81. The Morgan fingerprint density at radius 3 is 2.58 bits per heavy atom. The first-order valence-corrected chi connectivity index (χ1v) is 6.22. The first kappa shape index (κ1) is 13.1. The van der Waals surface area contributed by atoms with Gasteiger partial charge in [0.1, 0.15) is 11.1 Å². The van der Waals surface area contributed by atoms with Crippen molar-refractivity contribution in [1.29, 1.82) is 5.26 Å². The smallest absolute Gasteiger partial charge is 0.286 e. The van der Waals surface area contributed by atoms with Crippen molar-refractivity contribution in [1.82, 2.24) is 15.4 Å². The van der Waals surface area contributed by atoms with Crippen LogP contribution < -0.4 is 10.9 Å². The summed E-state index contributed by atoms with van der Waals surface area (Å²) in [5, 5.41) is 9.15. The molecule has 1 aromatic rings. The van der Waals surface area contributed by atoms with E-state index in [4.69, 9.17) is 5.26 Å². The van der Waals surface area contributed by atoms with Crippen LogP contribution in [0.2, 0.25) is 0 Å². The third-order valence-corrected chi connectivity index (χ3v) is 3.57. The quantitative estimate of drug-likeness (QED) is 0.773. The van der Waals surface area contributed by atoms with Gasteiger partial charge in [-0.3, -0.25) is 20.4 Å². The Labute approximate surface area is 111 Å². The van der Waals surface area contributed by atoms with E-state index in [9.17, 15) is 9.59 Å². The van der Waals surface area contributed by atoms with Gasteiger partial charge in [0.05, 0.1) is 6.07 Å². The van der Waals surface area contributed by atoms with E-state index in [-0.39, 0.29) is 0 Å². The van der Waals surface area contributed by atoms with Crippen LogP contribution in [0.4, 0.5) is 0 Å². The summed E-state index contributed by atoms with van der Waals surface area (Å²) in [5.41, 5.74) is 4.17. The Morgan fingerprint density at radius 1 is 1.37 bits per heavy atom. The Balaban J connectivity index is 1.96. The van der Waals surface area contributed by atoms with E-state index in [1.165, 1.54) is 0 Å². The van der Waals surface area contributed by atoms with E-state index in [1.54, 1.807) is 29.9 Å². The summed E-state index contributed by atoms with van der Waals surface area (Å²) in [4.78, 5) is 23.8. The van der Waals surface area contributed by atoms with Gasteiger partial charge in [-0.25, -0.2) is 0 Å². The van der Waals surface area contributed by atoms with Gasteiger partial charge in [-0.15, -0.1) is 0 Å². The van der Waals surface area contributed by atoms with Gasteiger partial charge < -0.3 is 4.57 Å². The average molecular weight is 260 g/mol. The fourth-order valence-electron chi connectivity index (χ4n) is 2.36. The van der Waals surface area contributed by atoms with Crippen LogP contribution in [0.25, 0.3) is 0 Å². The predicted octanol–water partition coefficient (Wildman–Crippen LogP) is 0.870. The maximum atomic E-state index is 12.0. The molecular weight excluding hydrogens is 244 g/mol. The van der Waals surface area contributed by atoms with Gasteiger partial charge >= 0.3 is 0 Å². The van der Waals surface area contributed by atoms with E-state index in [0.717, 1.165) is 12.8 Å². The largest absolute Gasteiger partial charge is 0.347 e. The Bertz CT molecular complexity index is 535. The SMILES string of the molecule is Cn1cccc1C(=O)NNC(=O)C1(C#N)CCCC1. The molecule has 6 heteroatoms. The van der Waals surface area contributed by atoms with Gasteiger partial charge in [0.2, 0.25) is 0 Å². The van der Waals surface area contributed by atoms with Crippen LogP contribution in [0.15, 0.2) is 18.3 Å². The highest BCUT2D eigenvalue weighted by Gasteiger charge is 2.41. The second kappa shape index (κ2) is 5.14. The maximum absolute atomic E-state index is 12.0. The van der Waals surface area contributed by atoms with Gasteiger partial charge in [0.15, 0.2) is 0 Å². The van der Waals surface area contributed by atoms with E-state index in [0.29, 0.717) is 18.5 Å². The van der Waals surface area contributed by atoms with E-state index >= 15 is 0 Å². The lowest BCUT2D eigenvalue weighted by Gasteiger charge is -2.19. The van der Waals surface area contributed by atoms with Crippen molar-refractivity contribution in [3.8, 4) is 6.07 Å². The highest BCUT2D eigenvalue weighted by molar-refractivity contribution is 5.95. The fraction of sp³-hybridized carbons (Fsp3) is 0.462. The van der Waals surface area contributed by atoms with Gasteiger partial charge in [-0.2, -0.15) is 5.26 Å². The molecule has 0 saturated heterocycles. The molecule has 100 valence electrons. The summed E-state index contributed by atoms with van der Waals surface area (Å²) in [7, 11) is 1.74. The van der Waals surface area contributed by atoms with Gasteiger partial charge in [-0.05, 0) is 25.0 Å². The number of carbonyl (C=O) groups excluding carboxylic acids is 2. The van der Waals surface area contributed by atoms with Crippen molar-refractivity contribution >= 4 is 11.8 Å². The lowest BCUT2D eigenvalue weighted by Crippen LogP contribution is -2.48. The van der Waals surface area contributed by atoms with Crippen molar-refractivity contribution in [3.05, 3.63) is 24.0 Å². The molecule has 0 radical (unpaired) electrons. The van der Waals surface area contributed by atoms with Gasteiger partial charge in [-0.1, -0.05) is 12.8 Å². The summed E-state index contributed by atoms with van der Waals surface area (Å²) in [6.07, 6.45) is 4.58. The van der Waals surface area contributed by atoms with Crippen LogP contribution in [0.3, 0.4) is 0 Å². The van der Waals surface area contributed by atoms with Crippen LogP contribution in [0, 0.1) is 16.7 Å². The summed E-state index contributed by atoms with van der Waals surface area (Å²) >= 11 is 0. The number of amides is 2. The minimum atomic E-state index is -0.985. The normalized spacial score (nSPS) is 16.6. The van der Waals surface area contributed by atoms with Crippen LogP contribution >= 0.6 is 0 Å². The number of nitriles is 1. The molecule has 1 aliphatic carbocycles. The van der Waals surface area contributed by atoms with Crippen molar-refractivity contribution in [2.45, 2.75) is 25.7 Å². The first-order chi connectivity index (χ1) is 9.09. The van der Waals surface area contributed by atoms with Crippen LogP contribution in [-0.4, -0.2) is 16.4 Å². The molecule has 2 rings (SSSR count). The topological polar surface area (TPSA) is 86.9 Å². The number of nitrogens with zero attached hydrogens (tertiary/aromatic N) is 2. The zero-order valence-electron chi connectivity index (χ0n) is 10.8. The summed E-state index contributed by atoms with van der Waals surface area (Å²) in [6, 6.07) is 5.47. The molecular formula is C13H16N4O2. The number of nitrogens with one attached hydrogen (secondary N) is 2. The third kappa shape index (κ3) is 2.45. The third-order valence-electron chi connectivity index (χ3n) is 3.57. The molecule has 0 unspecified atom stereocenters. The van der Waals surface area contributed by atoms with Crippen LogP contribution in [-0.2, 0) is 11.8 Å². The lowest BCUT2D eigenvalue weighted by atomic mass is 9.87. The van der Waals surface area contributed by atoms with Crippen molar-refractivity contribution < 1.29 is 9.59 Å². The zero-order chi connectivity index (χ0) is 13.9. The Kier molecular flexibility index (Phi) is 3.56. The first-order valence-electron chi connectivity index (χ1n) is 6.22. The molecule has 1 aromatic heterocycles. The molecule has 0 bridgehead atoms. The Morgan fingerprint density at radius 2 is 2.05 bits per heavy atom. The number of rotatable bonds is 2. The molecule has 19 heavy (non-hydrogen) atoms. The van der Waals surface area contributed by atoms with Crippen molar-refractivity contribution in [2.24, 2.45) is 12.5 Å². The number of aromatic nitrogens is 1. The summed E-state index contributed by atoms with van der Waals surface area (Å²) in [6.45, 7) is 0. The molecule has 0 aliphatic heterocycles. The molecule has 2 amide bonds. The predicted molar refractivity (Wildman–Crippen MR) is 67.5 cm³/mol. The van der Waals surface area contributed by atoms with Crippen LogP contribution in [0.1, 0.15) is 36.2 Å². The number of hydrazine groups is 1. The molecule has 1 heterocycles. The molecule has 1 aliphatic rings. The van der Waals surface area contributed by atoms with Gasteiger partial charge in [0, 0.05) is 13.2 Å². The number of aryl methyl sites for hydroxylation is 1. The fourth-order valence-corrected chi connectivity index (χ4v) is 2.36. The van der Waals surface area contributed by atoms with Crippen molar-refractivity contribution in [3.63, 3.8) is 0 Å². The monoisotopic (exact) mass is 260 g/mol. The number of hydrogen-bond acceptors (Lipinski definition) is 3. The highest BCUT2D eigenvalue weighted by Crippen LogP contribution is 2.37. The molecule has 0 atom stereocenters. The molecule has 2 N–H and O–H groups in total. The minimum Gasteiger partial charge on any atom is -0.347 e. The Hall–Kier alpha value is -2.29. The standard InChI is InChI=1S/C13H16N4O2/c1-17-8-4-5-10(17)11(18)15-16-12(19)13(9-14)6-2-3-7-13/h4-5,8H,2-3,6-7H2,1H3,(H,15,18)(H,16,19). The molecule has 0 aromatic carbocycles. The van der Waals surface area contributed by atoms with Crippen molar-refractivity contribution in [2.75, 3.05) is 0 Å². The van der Waals surface area contributed by atoms with E-state index in [1.807, 2.05) is 0 Å². The average Bonchev–Trinajstić information content (AvgIpc) is 3.04. The molecule has 1 fully saturated rings. The number of carbonyl (C=O) groups is 2. The van der Waals surface area contributed by atoms with Crippen LogP contribution in [0.5, 0.6) is 0 Å². The molecule has 6 nitrogen and oxygen atoms in total. The maximum Gasteiger partial charge on any atom is 0.286 e. The van der Waals surface area contributed by atoms with E-state index < -0.39 is 17.2 Å². The molecule has 0 spiro atoms. The summed E-state index contributed by atoms with van der Waals surface area (Å²) < 4.78 is 1.65. The van der Waals surface area contributed by atoms with Gasteiger partial charge in [0.25, 0.3) is 11.8 Å². The molecule has 1 saturated carbocycles. The minimum absolute atomic E-state index is 0.396. The number of hydrogen-bond donors (Lipinski definition) is 2. The second-order valence-corrected chi connectivity index (χ2v) is 4.81. The van der Waals surface area contributed by atoms with E-state index in [2.05, 4.69) is 16.9 Å². The highest BCUT2D eigenvalue weighted by atomic mass is 16.2. The zero-order valence-corrected chi connectivity index (χ0v) is 10.8.